The number of nitrogens with one attached hydrogen (secondary N) is 1. The van der Waals surface area contributed by atoms with Gasteiger partial charge in [0, 0.05) is 12.6 Å². The number of hydrogen-bond donors (Lipinski definition) is 3. The summed E-state index contributed by atoms with van der Waals surface area (Å²) in [6.07, 6.45) is 1.57. The van der Waals surface area contributed by atoms with E-state index in [1.54, 1.807) is 30.3 Å². The van der Waals surface area contributed by atoms with Crippen molar-refractivity contribution >= 4 is 29.1 Å². The number of aliphatic hydroxyl groups is 1. The average molecular weight is 336 g/mol. The van der Waals surface area contributed by atoms with E-state index in [2.05, 4.69) is 10.4 Å². The van der Waals surface area contributed by atoms with E-state index in [0.717, 1.165) is 0 Å². The minimum absolute atomic E-state index is 0.0936. The Balaban J connectivity index is 2.41. The molecule has 0 fully saturated rings. The Bertz CT molecular complexity index is 897. The van der Waals surface area contributed by atoms with Crippen LogP contribution < -0.4 is 11.1 Å². The first kappa shape index (κ1) is 17.7. The maximum absolute atomic E-state index is 11.0. The molecule has 1 heterocycles. The van der Waals surface area contributed by atoms with E-state index < -0.39 is 0 Å². The van der Waals surface area contributed by atoms with Crippen LogP contribution in [0.2, 0.25) is 0 Å². The van der Waals surface area contributed by atoms with Gasteiger partial charge in [0.15, 0.2) is 0 Å². The lowest BCUT2D eigenvalue weighted by Crippen LogP contribution is -2.07. The van der Waals surface area contributed by atoms with Gasteiger partial charge in [-0.1, -0.05) is 12.1 Å². The predicted octanol–water partition coefficient (Wildman–Crippen LogP) is 1.35. The van der Waals surface area contributed by atoms with Crippen LogP contribution in [0.3, 0.4) is 0 Å². The van der Waals surface area contributed by atoms with Crippen LogP contribution in [-0.2, 0) is 11.3 Å². The minimum atomic E-state index is -0.188. The van der Waals surface area contributed by atoms with Crippen LogP contribution in [0.4, 0.5) is 11.5 Å². The van der Waals surface area contributed by atoms with Gasteiger partial charge in [-0.15, -0.1) is 0 Å². The minimum Gasteiger partial charge on any atom is -0.394 e. The Labute approximate surface area is 144 Å². The molecular formula is C17H16N6O2. The first-order valence-electron chi connectivity index (χ1n) is 7.37. The Morgan fingerprint density at radius 2 is 2.08 bits per heavy atom. The number of carbonyl (C=O) groups is 1. The second-order valence-electron chi connectivity index (χ2n) is 5.14. The van der Waals surface area contributed by atoms with Gasteiger partial charge in [-0.2, -0.15) is 15.6 Å². The number of benzene rings is 1. The third-order valence-electron chi connectivity index (χ3n) is 3.33. The maximum atomic E-state index is 11.0. The number of carbonyl (C=O) groups excluding carboxylic acids is 1. The largest absolute Gasteiger partial charge is 0.394 e. The Kier molecular flexibility index (Phi) is 5.51. The highest BCUT2D eigenvalue weighted by Crippen LogP contribution is 2.25. The standard InChI is InChI=1S/C17H16N6O2/c1-11(25)21-14-4-2-12(3-5-14)8-13(9-18)16-15(10-19)17(20)23(22-16)6-7-24/h2-5,8,24H,6-7,20H2,1H3,(H,21,25)/b13-8+. The van der Waals surface area contributed by atoms with Crippen molar-refractivity contribution < 1.29 is 9.90 Å². The Morgan fingerprint density at radius 3 is 2.60 bits per heavy atom. The third kappa shape index (κ3) is 4.02. The molecule has 1 aromatic heterocycles. The molecule has 0 bridgehead atoms. The molecule has 8 heteroatoms. The summed E-state index contributed by atoms with van der Waals surface area (Å²) in [5.74, 6) is -0.0710. The van der Waals surface area contributed by atoms with E-state index in [1.807, 2.05) is 12.1 Å². The van der Waals surface area contributed by atoms with Crippen LogP contribution in [0.1, 0.15) is 23.7 Å². The lowest BCUT2D eigenvalue weighted by Gasteiger charge is -2.02. The van der Waals surface area contributed by atoms with E-state index in [1.165, 1.54) is 11.6 Å². The zero-order valence-electron chi connectivity index (χ0n) is 13.5. The number of allylic oxidation sites excluding steroid dienone is 1. The van der Waals surface area contributed by atoms with Gasteiger partial charge in [-0.25, -0.2) is 4.68 Å². The van der Waals surface area contributed by atoms with Gasteiger partial charge in [-0.05, 0) is 23.8 Å². The Morgan fingerprint density at radius 1 is 1.40 bits per heavy atom. The Hall–Kier alpha value is -3.62. The quantitative estimate of drug-likeness (QED) is 0.704. The molecule has 1 aromatic carbocycles. The summed E-state index contributed by atoms with van der Waals surface area (Å²) in [5.41, 5.74) is 7.61. The summed E-state index contributed by atoms with van der Waals surface area (Å²) < 4.78 is 1.29. The first-order chi connectivity index (χ1) is 12.0. The lowest BCUT2D eigenvalue weighted by atomic mass is 10.1. The zero-order chi connectivity index (χ0) is 18.4. The van der Waals surface area contributed by atoms with Gasteiger partial charge in [0.05, 0.1) is 18.7 Å². The summed E-state index contributed by atoms with van der Waals surface area (Å²) in [4.78, 5) is 11.0. The number of nitrogens with zero attached hydrogens (tertiary/aromatic N) is 4. The molecule has 2 rings (SSSR count). The predicted molar refractivity (Wildman–Crippen MR) is 92.7 cm³/mol. The highest BCUT2D eigenvalue weighted by Gasteiger charge is 2.18. The molecule has 0 atom stereocenters. The van der Waals surface area contributed by atoms with Crippen LogP contribution in [0.5, 0.6) is 0 Å². The molecule has 126 valence electrons. The molecule has 2 aromatic rings. The van der Waals surface area contributed by atoms with Crippen LogP contribution in [0, 0.1) is 22.7 Å². The molecule has 0 aliphatic rings. The number of hydrogen-bond acceptors (Lipinski definition) is 6. The van der Waals surface area contributed by atoms with Crippen LogP contribution in [0.15, 0.2) is 24.3 Å². The average Bonchev–Trinajstić information content (AvgIpc) is 2.90. The van der Waals surface area contributed by atoms with E-state index in [0.29, 0.717) is 11.3 Å². The smallest absolute Gasteiger partial charge is 0.221 e. The molecular weight excluding hydrogens is 320 g/mol. The zero-order valence-corrected chi connectivity index (χ0v) is 13.5. The van der Waals surface area contributed by atoms with Gasteiger partial charge >= 0.3 is 0 Å². The number of nitrogens with two attached hydrogens (primary N) is 1. The number of aliphatic hydroxyl groups excluding tert-OH is 1. The fraction of sp³-hybridized carbons (Fsp3) is 0.176. The number of nitrogen functional groups attached to an aromatic ring is 1. The van der Waals surface area contributed by atoms with Gasteiger partial charge in [0.1, 0.15) is 29.2 Å². The molecule has 0 saturated carbocycles. The van der Waals surface area contributed by atoms with E-state index in [9.17, 15) is 15.3 Å². The van der Waals surface area contributed by atoms with E-state index >= 15 is 0 Å². The van der Waals surface area contributed by atoms with Gasteiger partial charge in [0.2, 0.25) is 5.91 Å². The van der Waals surface area contributed by atoms with Crippen molar-refractivity contribution in [1.29, 1.82) is 10.5 Å². The van der Waals surface area contributed by atoms with Crippen molar-refractivity contribution in [3.8, 4) is 12.1 Å². The van der Waals surface area contributed by atoms with Crippen molar-refractivity contribution in [1.82, 2.24) is 9.78 Å². The van der Waals surface area contributed by atoms with Gasteiger partial charge in [-0.3, -0.25) is 4.79 Å². The third-order valence-corrected chi connectivity index (χ3v) is 3.33. The molecule has 0 saturated heterocycles. The summed E-state index contributed by atoms with van der Waals surface area (Å²) >= 11 is 0. The van der Waals surface area contributed by atoms with Crippen LogP contribution in [-0.4, -0.2) is 27.4 Å². The van der Waals surface area contributed by atoms with Crippen LogP contribution in [0.25, 0.3) is 11.6 Å². The van der Waals surface area contributed by atoms with Crippen LogP contribution >= 0.6 is 0 Å². The van der Waals surface area contributed by atoms with E-state index in [-0.39, 0.29) is 41.7 Å². The molecule has 1 amide bonds. The molecule has 0 aliphatic heterocycles. The van der Waals surface area contributed by atoms with Crippen molar-refractivity contribution in [2.45, 2.75) is 13.5 Å². The molecule has 0 radical (unpaired) electrons. The van der Waals surface area contributed by atoms with E-state index in [4.69, 9.17) is 10.8 Å². The summed E-state index contributed by atoms with van der Waals surface area (Å²) in [6, 6.07) is 10.8. The molecule has 25 heavy (non-hydrogen) atoms. The topological polar surface area (TPSA) is 141 Å². The maximum Gasteiger partial charge on any atom is 0.221 e. The number of nitriles is 2. The normalized spacial score (nSPS) is 10.8. The van der Waals surface area contributed by atoms with Crippen molar-refractivity contribution in [2.75, 3.05) is 17.7 Å². The molecule has 4 N–H and O–H groups in total. The first-order valence-corrected chi connectivity index (χ1v) is 7.37. The number of aromatic nitrogens is 2. The van der Waals surface area contributed by atoms with Crippen molar-refractivity contribution in [2.24, 2.45) is 0 Å². The number of amides is 1. The number of anilines is 2. The highest BCUT2D eigenvalue weighted by molar-refractivity contribution is 5.92. The number of rotatable bonds is 5. The molecule has 0 spiro atoms. The SMILES string of the molecule is CC(=O)Nc1ccc(/C=C(\C#N)c2nn(CCO)c(N)c2C#N)cc1. The van der Waals surface area contributed by atoms with Crippen molar-refractivity contribution in [3.63, 3.8) is 0 Å². The second kappa shape index (κ2) is 7.77. The fourth-order valence-electron chi connectivity index (χ4n) is 2.23. The lowest BCUT2D eigenvalue weighted by molar-refractivity contribution is -0.114. The van der Waals surface area contributed by atoms with Gasteiger partial charge < -0.3 is 16.2 Å². The summed E-state index contributed by atoms with van der Waals surface area (Å²) in [5, 5.41) is 34.6. The summed E-state index contributed by atoms with van der Waals surface area (Å²) in [7, 11) is 0. The summed E-state index contributed by atoms with van der Waals surface area (Å²) in [6.45, 7) is 1.36. The van der Waals surface area contributed by atoms with Crippen molar-refractivity contribution in [3.05, 3.63) is 41.1 Å². The monoisotopic (exact) mass is 336 g/mol. The highest BCUT2D eigenvalue weighted by atomic mass is 16.3. The second-order valence-corrected chi connectivity index (χ2v) is 5.14. The van der Waals surface area contributed by atoms with Gasteiger partial charge in [0.25, 0.3) is 0 Å². The molecule has 0 aliphatic carbocycles. The molecule has 0 unspecified atom stereocenters. The molecule has 8 nitrogen and oxygen atoms in total. The fourth-order valence-corrected chi connectivity index (χ4v) is 2.23.